The van der Waals surface area contributed by atoms with Crippen molar-refractivity contribution in [1.29, 1.82) is 0 Å². The minimum Gasteiger partial charge on any atom is -0.354 e. The molecule has 8 aromatic rings. The van der Waals surface area contributed by atoms with Crippen molar-refractivity contribution < 1.29 is 8.78 Å². The minimum atomic E-state index is -0.281. The molecule has 0 atom stereocenters. The van der Waals surface area contributed by atoms with E-state index in [-0.39, 0.29) is 11.6 Å². The molecule has 0 saturated carbocycles. The van der Waals surface area contributed by atoms with Crippen LogP contribution in [0.3, 0.4) is 0 Å². The second-order valence-electron chi connectivity index (χ2n) is 12.4. The number of halogens is 2. The normalized spacial score (nSPS) is 11.0. The lowest BCUT2D eigenvalue weighted by Gasteiger charge is -2.15. The van der Waals surface area contributed by atoms with Crippen molar-refractivity contribution >= 4 is 68.3 Å². The number of benzene rings is 4. The van der Waals surface area contributed by atoms with Crippen LogP contribution in [0.15, 0.2) is 153 Å². The van der Waals surface area contributed by atoms with E-state index in [2.05, 4.69) is 42.4 Å². The van der Waals surface area contributed by atoms with Crippen LogP contribution in [0.2, 0.25) is 0 Å². The van der Waals surface area contributed by atoms with Crippen molar-refractivity contribution in [1.82, 2.24) is 19.9 Å². The molecule has 54 heavy (non-hydrogen) atoms. The summed E-state index contributed by atoms with van der Waals surface area (Å²) in [5.74, 6) is 6.16. The molecular weight excluding hydrogens is 715 g/mol. The van der Waals surface area contributed by atoms with E-state index < -0.39 is 0 Å². The topological polar surface area (TPSA) is 75.6 Å². The zero-order valence-electron chi connectivity index (χ0n) is 29.1. The van der Waals surface area contributed by atoms with E-state index in [4.69, 9.17) is 0 Å². The monoisotopic (exact) mass is 744 g/mol. The first-order valence-electron chi connectivity index (χ1n) is 17.0. The maximum atomic E-state index is 13.7. The Morgan fingerprint density at radius 1 is 0.481 bits per heavy atom. The summed E-state index contributed by atoms with van der Waals surface area (Å²) in [5, 5.41) is 8.99. The Kier molecular flexibility index (Phi) is 9.90. The minimum absolute atomic E-state index is 0.281. The first-order valence-corrected chi connectivity index (χ1v) is 18.6. The van der Waals surface area contributed by atoms with E-state index in [0.717, 1.165) is 75.6 Å². The van der Waals surface area contributed by atoms with Gasteiger partial charge in [0.05, 0.1) is 22.7 Å². The summed E-state index contributed by atoms with van der Waals surface area (Å²) >= 11 is 3.06. The van der Waals surface area contributed by atoms with Crippen LogP contribution >= 0.6 is 23.5 Å². The van der Waals surface area contributed by atoms with Crippen LogP contribution in [0, 0.1) is 37.3 Å². The molecule has 0 unspecified atom stereocenters. The van der Waals surface area contributed by atoms with Gasteiger partial charge in [0, 0.05) is 65.3 Å². The maximum Gasteiger partial charge on any atom is 0.161 e. The second-order valence-corrected chi connectivity index (χ2v) is 14.6. The zero-order chi connectivity index (χ0) is 37.0. The van der Waals surface area contributed by atoms with Crippen molar-refractivity contribution in [2.45, 2.75) is 33.4 Å². The molecule has 0 bridgehead atoms. The average Bonchev–Trinajstić information content (AvgIpc) is 3.17. The molecule has 10 heteroatoms. The molecule has 4 aromatic carbocycles. The molecule has 0 radical (unpaired) electrons. The number of rotatable bonds is 8. The van der Waals surface area contributed by atoms with Crippen molar-refractivity contribution in [2.24, 2.45) is 0 Å². The molecule has 262 valence electrons. The van der Waals surface area contributed by atoms with E-state index in [0.29, 0.717) is 11.3 Å². The molecule has 0 amide bonds. The van der Waals surface area contributed by atoms with Crippen molar-refractivity contribution in [3.8, 4) is 11.8 Å². The van der Waals surface area contributed by atoms with Crippen LogP contribution < -0.4 is 10.6 Å². The summed E-state index contributed by atoms with van der Waals surface area (Å²) in [6, 6.07) is 36.7. The Morgan fingerprint density at radius 2 is 0.907 bits per heavy atom. The van der Waals surface area contributed by atoms with E-state index in [9.17, 15) is 8.78 Å². The van der Waals surface area contributed by atoms with Gasteiger partial charge in [-0.05, 0) is 135 Å². The van der Waals surface area contributed by atoms with Crippen LogP contribution in [-0.2, 0) is 0 Å². The van der Waals surface area contributed by atoms with E-state index in [1.807, 2.05) is 86.6 Å². The predicted molar refractivity (Wildman–Crippen MR) is 215 cm³/mol. The van der Waals surface area contributed by atoms with Gasteiger partial charge >= 0.3 is 0 Å². The van der Waals surface area contributed by atoms with Gasteiger partial charge in [-0.1, -0.05) is 35.4 Å². The number of fused-ring (bicyclic) bond motifs is 2. The number of nitrogens with one attached hydrogen (secondary N) is 2. The van der Waals surface area contributed by atoms with Crippen LogP contribution in [0.5, 0.6) is 0 Å². The van der Waals surface area contributed by atoms with Crippen LogP contribution in [0.1, 0.15) is 22.5 Å². The molecule has 4 aromatic heterocycles. The van der Waals surface area contributed by atoms with Gasteiger partial charge in [-0.3, -0.25) is 0 Å². The van der Waals surface area contributed by atoms with E-state index in [1.54, 1.807) is 36.7 Å². The highest BCUT2D eigenvalue weighted by Gasteiger charge is 2.12. The largest absolute Gasteiger partial charge is 0.354 e. The van der Waals surface area contributed by atoms with Gasteiger partial charge in [0.1, 0.15) is 11.6 Å². The fourth-order valence-corrected chi connectivity index (χ4v) is 7.51. The highest BCUT2D eigenvalue weighted by atomic mass is 32.2. The molecule has 0 aliphatic heterocycles. The Hall–Kier alpha value is -6.28. The summed E-state index contributed by atoms with van der Waals surface area (Å²) in [6.45, 7) is 3.88. The van der Waals surface area contributed by atoms with Crippen LogP contribution in [0.4, 0.5) is 31.5 Å². The molecule has 6 nitrogen and oxygen atoms in total. The smallest absolute Gasteiger partial charge is 0.161 e. The summed E-state index contributed by atoms with van der Waals surface area (Å²) in [5.41, 5.74) is 8.08. The van der Waals surface area contributed by atoms with Crippen molar-refractivity contribution in [3.05, 3.63) is 168 Å². The number of hydrogen-bond donors (Lipinski definition) is 2. The van der Waals surface area contributed by atoms with Crippen molar-refractivity contribution in [3.63, 3.8) is 0 Å². The Morgan fingerprint density at radius 3 is 1.33 bits per heavy atom. The highest BCUT2D eigenvalue weighted by molar-refractivity contribution is 7.99. The Labute approximate surface area is 319 Å². The van der Waals surface area contributed by atoms with Gasteiger partial charge < -0.3 is 10.6 Å². The molecule has 0 fully saturated rings. The molecule has 0 spiro atoms. The first-order chi connectivity index (χ1) is 26.3. The number of pyridine rings is 4. The Balaban J connectivity index is 1.15. The third-order valence-electron chi connectivity index (χ3n) is 8.42. The summed E-state index contributed by atoms with van der Waals surface area (Å²) in [4.78, 5) is 21.8. The summed E-state index contributed by atoms with van der Waals surface area (Å²) in [6.07, 6.45) is 3.48. The highest BCUT2D eigenvalue weighted by Crippen LogP contribution is 2.38. The zero-order valence-corrected chi connectivity index (χ0v) is 30.7. The van der Waals surface area contributed by atoms with Gasteiger partial charge in [0.25, 0.3) is 0 Å². The van der Waals surface area contributed by atoms with Crippen LogP contribution in [-0.4, -0.2) is 19.9 Å². The Bertz CT molecular complexity index is 2540. The fraction of sp³-hybridized carbons (Fsp3) is 0.0455. The first kappa shape index (κ1) is 34.8. The number of aryl methyl sites for hydroxylation is 2. The maximum absolute atomic E-state index is 13.7. The third kappa shape index (κ3) is 8.03. The molecule has 4 heterocycles. The lowest BCUT2D eigenvalue weighted by atomic mass is 10.1. The second kappa shape index (κ2) is 15.4. The number of nitrogens with zero attached hydrogens (tertiary/aromatic N) is 4. The number of anilines is 4. The number of hydrogen-bond acceptors (Lipinski definition) is 8. The van der Waals surface area contributed by atoms with Gasteiger partial charge in [0.15, 0.2) is 11.3 Å². The average molecular weight is 745 g/mol. The fourth-order valence-electron chi connectivity index (χ4n) is 5.75. The van der Waals surface area contributed by atoms with Gasteiger partial charge in [-0.2, -0.15) is 0 Å². The van der Waals surface area contributed by atoms with Crippen LogP contribution in [0.25, 0.3) is 22.1 Å². The molecule has 2 N–H and O–H groups in total. The summed E-state index contributed by atoms with van der Waals surface area (Å²) in [7, 11) is 0. The van der Waals surface area contributed by atoms with Gasteiger partial charge in [-0.15, -0.1) is 0 Å². The lowest BCUT2D eigenvalue weighted by Crippen LogP contribution is -1.97. The molecule has 0 aliphatic rings. The third-order valence-corrected chi connectivity index (χ3v) is 10.6. The van der Waals surface area contributed by atoms with E-state index in [1.165, 1.54) is 47.8 Å². The standard InChI is InChI=1S/C44H30F2N6S2/c1-27-3-17-35-37(21-23-47-43(35)49-27)51-39-25-29(7-19-41(39)53-33-13-9-31(45)10-14-33)5-6-30-8-20-42(54-34-15-11-32(46)12-16-34)40(26-30)52-38-22-24-48-44-36(38)18-4-28(2)50-44/h3-4,7-26H,1-2H3,(H,47,49,51)(H,48,50,52). The van der Waals surface area contributed by atoms with Crippen molar-refractivity contribution in [2.75, 3.05) is 10.6 Å². The lowest BCUT2D eigenvalue weighted by molar-refractivity contribution is 0.626. The van der Waals surface area contributed by atoms with E-state index >= 15 is 0 Å². The molecule has 0 aliphatic carbocycles. The van der Waals surface area contributed by atoms with Gasteiger partial charge in [-0.25, -0.2) is 28.7 Å². The molecule has 0 saturated heterocycles. The summed E-state index contributed by atoms with van der Waals surface area (Å²) < 4.78 is 27.4. The van der Waals surface area contributed by atoms with Gasteiger partial charge in [0.2, 0.25) is 0 Å². The molecular formula is C44H30F2N6S2. The quantitative estimate of drug-likeness (QED) is 0.149. The number of aromatic nitrogens is 4. The predicted octanol–water partition coefficient (Wildman–Crippen LogP) is 11.7. The SMILES string of the molecule is Cc1ccc2c(Nc3cc(C#Cc4ccc(Sc5ccc(F)cc5)c(Nc5ccnc6nc(C)ccc56)c4)ccc3Sc3ccc(F)cc3)ccnc2n1. The molecule has 8 rings (SSSR count).